The molecular weight excluding hydrogens is 817 g/mol. The smallest absolute Gasteiger partial charge is 0.306 e. The maximum absolute atomic E-state index is 12.8. The third-order valence-corrected chi connectivity index (χ3v) is 14.2. The second-order valence-corrected chi connectivity index (χ2v) is 20.9. The van der Waals surface area contributed by atoms with Gasteiger partial charge in [-0.15, -0.1) is 0 Å². The Kier molecular flexibility index (Phi) is 53.0. The molecule has 0 saturated heterocycles. The molecule has 0 aromatic heterocycles. The molecule has 392 valence electrons. The highest BCUT2D eigenvalue weighted by Gasteiger charge is 2.19. The number of rotatable bonds is 55. The first kappa shape index (κ1) is 64.4. The van der Waals surface area contributed by atoms with E-state index in [2.05, 4.69) is 27.7 Å². The minimum absolute atomic E-state index is 0.0623. The van der Waals surface area contributed by atoms with Crippen molar-refractivity contribution in [3.05, 3.63) is 0 Å². The molecule has 0 saturated carbocycles. The average molecular weight is 934 g/mol. The lowest BCUT2D eigenvalue weighted by molar-refractivity contribution is -0.167. The molecule has 0 aromatic rings. The summed E-state index contributed by atoms with van der Waals surface area (Å²) >= 11 is 0. The molecule has 0 amide bonds. The van der Waals surface area contributed by atoms with Crippen molar-refractivity contribution in [1.29, 1.82) is 0 Å². The van der Waals surface area contributed by atoms with E-state index in [9.17, 15) is 14.4 Å². The van der Waals surface area contributed by atoms with Gasteiger partial charge in [0.25, 0.3) is 0 Å². The molecule has 0 aromatic carbocycles. The topological polar surface area (TPSA) is 78.9 Å². The zero-order valence-corrected chi connectivity index (χ0v) is 45.2. The highest BCUT2D eigenvalue weighted by Crippen LogP contribution is 2.19. The van der Waals surface area contributed by atoms with Crippen molar-refractivity contribution in [3.8, 4) is 0 Å². The number of unbranched alkanes of at least 4 members (excludes halogenated alkanes) is 41. The van der Waals surface area contributed by atoms with Crippen molar-refractivity contribution >= 4 is 17.9 Å². The summed E-state index contributed by atoms with van der Waals surface area (Å²) in [7, 11) is 0. The van der Waals surface area contributed by atoms with E-state index < -0.39 is 6.10 Å². The molecule has 0 radical (unpaired) electrons. The second-order valence-electron chi connectivity index (χ2n) is 20.9. The fourth-order valence-electron chi connectivity index (χ4n) is 9.25. The van der Waals surface area contributed by atoms with Crippen LogP contribution in [0.1, 0.15) is 342 Å². The quantitative estimate of drug-likeness (QED) is 0.0343. The zero-order valence-electron chi connectivity index (χ0n) is 45.2. The number of carbonyl (C=O) groups is 3. The Balaban J connectivity index is 4.10. The molecule has 66 heavy (non-hydrogen) atoms. The van der Waals surface area contributed by atoms with E-state index in [0.717, 1.165) is 63.7 Å². The first-order chi connectivity index (χ1) is 32.4. The van der Waals surface area contributed by atoms with E-state index in [1.165, 1.54) is 238 Å². The second kappa shape index (κ2) is 54.4. The molecule has 0 spiro atoms. The van der Waals surface area contributed by atoms with Crippen LogP contribution in [0, 0.1) is 5.92 Å². The monoisotopic (exact) mass is 933 g/mol. The summed E-state index contributed by atoms with van der Waals surface area (Å²) in [6.45, 7) is 9.07. The van der Waals surface area contributed by atoms with E-state index in [1.807, 2.05) is 0 Å². The largest absolute Gasteiger partial charge is 0.462 e. The molecule has 0 fully saturated rings. The molecule has 2 atom stereocenters. The summed E-state index contributed by atoms with van der Waals surface area (Å²) < 4.78 is 16.8. The molecule has 6 nitrogen and oxygen atoms in total. The van der Waals surface area contributed by atoms with Crippen molar-refractivity contribution < 1.29 is 28.6 Å². The fraction of sp³-hybridized carbons (Fsp3) is 0.950. The molecule has 0 bridgehead atoms. The van der Waals surface area contributed by atoms with Crippen LogP contribution in [-0.4, -0.2) is 37.2 Å². The summed E-state index contributed by atoms with van der Waals surface area (Å²) in [6, 6.07) is 0. The maximum Gasteiger partial charge on any atom is 0.306 e. The highest BCUT2D eigenvalue weighted by atomic mass is 16.6. The standard InChI is InChI=1S/C60H116O6/c1-5-8-10-12-14-15-16-17-18-19-20-24-27-30-33-36-40-44-48-52-59(62)65-55-57(54-64-58(61)51-47-43-38-13-11-9-6-2)66-60(63)53-49-45-41-37-34-31-28-25-22-21-23-26-29-32-35-39-42-46-50-56(4)7-3/h56-57H,5-55H2,1-4H3/t56?,57-/m1/s1. The predicted octanol–water partition coefficient (Wildman–Crippen LogP) is 19.8. The molecule has 6 heteroatoms. The summed E-state index contributed by atoms with van der Waals surface area (Å²) in [6.07, 6.45) is 59.7. The highest BCUT2D eigenvalue weighted by molar-refractivity contribution is 5.71. The van der Waals surface area contributed by atoms with E-state index in [-0.39, 0.29) is 31.1 Å². The molecule has 0 rings (SSSR count). The van der Waals surface area contributed by atoms with Crippen LogP contribution in [0.15, 0.2) is 0 Å². The van der Waals surface area contributed by atoms with Gasteiger partial charge in [0.1, 0.15) is 13.2 Å². The fourth-order valence-corrected chi connectivity index (χ4v) is 9.25. The van der Waals surface area contributed by atoms with Gasteiger partial charge in [-0.2, -0.15) is 0 Å². The summed E-state index contributed by atoms with van der Waals surface area (Å²) in [5.41, 5.74) is 0. The minimum Gasteiger partial charge on any atom is -0.462 e. The Morgan fingerprint density at radius 2 is 0.530 bits per heavy atom. The lowest BCUT2D eigenvalue weighted by Gasteiger charge is -2.18. The molecule has 0 aliphatic heterocycles. The molecule has 0 aliphatic rings. The van der Waals surface area contributed by atoms with Crippen molar-refractivity contribution in [3.63, 3.8) is 0 Å². The van der Waals surface area contributed by atoms with Gasteiger partial charge in [0, 0.05) is 19.3 Å². The van der Waals surface area contributed by atoms with Gasteiger partial charge in [0.15, 0.2) is 6.10 Å². The van der Waals surface area contributed by atoms with Crippen LogP contribution < -0.4 is 0 Å². The average Bonchev–Trinajstić information content (AvgIpc) is 3.32. The summed E-state index contributed by atoms with van der Waals surface area (Å²) in [5.74, 6) is 0.0672. The number of carbonyl (C=O) groups excluding carboxylic acids is 3. The lowest BCUT2D eigenvalue weighted by Crippen LogP contribution is -2.30. The van der Waals surface area contributed by atoms with Crippen LogP contribution in [0.25, 0.3) is 0 Å². The maximum atomic E-state index is 12.8. The van der Waals surface area contributed by atoms with Crippen LogP contribution >= 0.6 is 0 Å². The predicted molar refractivity (Wildman–Crippen MR) is 284 cm³/mol. The third kappa shape index (κ3) is 51.8. The van der Waals surface area contributed by atoms with Crippen LogP contribution in [0.3, 0.4) is 0 Å². The van der Waals surface area contributed by atoms with Gasteiger partial charge in [-0.25, -0.2) is 0 Å². The van der Waals surface area contributed by atoms with Crippen LogP contribution in [0.2, 0.25) is 0 Å². The van der Waals surface area contributed by atoms with E-state index in [1.54, 1.807) is 0 Å². The first-order valence-electron chi connectivity index (χ1n) is 29.9. The van der Waals surface area contributed by atoms with Crippen LogP contribution in [0.4, 0.5) is 0 Å². The Morgan fingerprint density at radius 3 is 0.788 bits per heavy atom. The van der Waals surface area contributed by atoms with Gasteiger partial charge in [-0.1, -0.05) is 304 Å². The Hall–Kier alpha value is -1.59. The number of ether oxygens (including phenoxy) is 3. The van der Waals surface area contributed by atoms with E-state index in [0.29, 0.717) is 19.3 Å². The van der Waals surface area contributed by atoms with Gasteiger partial charge in [-0.05, 0) is 25.2 Å². The minimum atomic E-state index is -0.761. The molecular formula is C60H116O6. The summed E-state index contributed by atoms with van der Waals surface area (Å²) in [5, 5.41) is 0. The van der Waals surface area contributed by atoms with Gasteiger partial charge in [-0.3, -0.25) is 14.4 Å². The third-order valence-electron chi connectivity index (χ3n) is 14.2. The van der Waals surface area contributed by atoms with Gasteiger partial charge >= 0.3 is 17.9 Å². The van der Waals surface area contributed by atoms with E-state index in [4.69, 9.17) is 14.2 Å². The molecule has 0 heterocycles. The van der Waals surface area contributed by atoms with Crippen molar-refractivity contribution in [2.75, 3.05) is 13.2 Å². The van der Waals surface area contributed by atoms with Crippen LogP contribution in [0.5, 0.6) is 0 Å². The van der Waals surface area contributed by atoms with Crippen molar-refractivity contribution in [1.82, 2.24) is 0 Å². The number of esters is 3. The number of hydrogen-bond donors (Lipinski definition) is 0. The lowest BCUT2D eigenvalue weighted by atomic mass is 9.99. The Morgan fingerprint density at radius 1 is 0.303 bits per heavy atom. The normalized spacial score (nSPS) is 12.4. The van der Waals surface area contributed by atoms with Gasteiger partial charge < -0.3 is 14.2 Å². The van der Waals surface area contributed by atoms with Gasteiger partial charge in [0.2, 0.25) is 0 Å². The zero-order chi connectivity index (χ0) is 48.1. The van der Waals surface area contributed by atoms with Crippen molar-refractivity contribution in [2.45, 2.75) is 348 Å². The van der Waals surface area contributed by atoms with Crippen LogP contribution in [-0.2, 0) is 28.6 Å². The van der Waals surface area contributed by atoms with Gasteiger partial charge in [0.05, 0.1) is 0 Å². The molecule has 0 aliphatic carbocycles. The Bertz CT molecular complexity index is 998. The molecule has 0 N–H and O–H groups in total. The van der Waals surface area contributed by atoms with Crippen molar-refractivity contribution in [2.24, 2.45) is 5.92 Å². The SMILES string of the molecule is CCCCCCCCCCCCCCCCCCCCCC(=O)OC[C@@H](COC(=O)CCCCCCCCC)OC(=O)CCCCCCCCCCCCCCCCCCCCC(C)CC. The Labute approximate surface area is 412 Å². The summed E-state index contributed by atoms with van der Waals surface area (Å²) in [4.78, 5) is 38.0. The first-order valence-corrected chi connectivity index (χ1v) is 29.9. The molecule has 1 unspecified atom stereocenters. The number of hydrogen-bond acceptors (Lipinski definition) is 6. The van der Waals surface area contributed by atoms with E-state index >= 15 is 0 Å².